The molecule has 0 heterocycles. The van der Waals surface area contributed by atoms with Crippen LogP contribution in [0.1, 0.15) is 35.3 Å². The number of benzene rings is 3. The monoisotopic (exact) mass is 386 g/mol. The van der Waals surface area contributed by atoms with Crippen molar-refractivity contribution in [3.05, 3.63) is 102 Å². The first-order chi connectivity index (χ1) is 14.0. The van der Waals surface area contributed by atoms with Crippen molar-refractivity contribution in [3.63, 3.8) is 0 Å². The molecule has 3 aromatic carbocycles. The molecule has 0 aromatic heterocycles. The summed E-state index contributed by atoms with van der Waals surface area (Å²) in [7, 11) is 0. The summed E-state index contributed by atoms with van der Waals surface area (Å²) in [5.41, 5.74) is 3.51. The fourth-order valence-corrected chi connectivity index (χ4v) is 3.17. The number of carbonyl (C=O) groups excluding carboxylic acids is 2. The van der Waals surface area contributed by atoms with Crippen LogP contribution in [0.3, 0.4) is 0 Å². The van der Waals surface area contributed by atoms with E-state index in [-0.39, 0.29) is 17.7 Å². The zero-order valence-corrected chi connectivity index (χ0v) is 16.8. The quantitative estimate of drug-likeness (QED) is 0.620. The molecule has 0 aliphatic carbocycles. The number of rotatable bonds is 7. The molecule has 148 valence electrons. The minimum Gasteiger partial charge on any atom is -0.340 e. The fourth-order valence-electron chi connectivity index (χ4n) is 3.17. The molecule has 3 rings (SSSR count). The summed E-state index contributed by atoms with van der Waals surface area (Å²) in [6, 6.07) is 26.2. The minimum absolute atomic E-state index is 0.0519. The Labute approximate surface area is 172 Å². The van der Waals surface area contributed by atoms with E-state index in [2.05, 4.69) is 22.8 Å². The summed E-state index contributed by atoms with van der Waals surface area (Å²) >= 11 is 0. The third kappa shape index (κ3) is 5.55. The number of hydrogen-bond acceptors (Lipinski definition) is 2. The lowest BCUT2D eigenvalue weighted by molar-refractivity contribution is -0.118. The molecule has 3 aromatic rings. The summed E-state index contributed by atoms with van der Waals surface area (Å²) in [6.07, 6.45) is 0.722. The van der Waals surface area contributed by atoms with Crippen molar-refractivity contribution in [2.24, 2.45) is 5.92 Å². The van der Waals surface area contributed by atoms with Crippen LogP contribution in [0.5, 0.6) is 0 Å². The molecule has 0 aliphatic rings. The Bertz CT molecular complexity index is 953. The molecule has 0 aliphatic heterocycles. The second kappa shape index (κ2) is 9.69. The average molecular weight is 386 g/mol. The van der Waals surface area contributed by atoms with E-state index < -0.39 is 6.04 Å². The predicted molar refractivity (Wildman–Crippen MR) is 117 cm³/mol. The van der Waals surface area contributed by atoms with Gasteiger partial charge in [0.05, 0.1) is 0 Å². The van der Waals surface area contributed by atoms with E-state index in [0.29, 0.717) is 5.56 Å². The Morgan fingerprint density at radius 1 is 0.793 bits per heavy atom. The SMILES string of the molecule is CC(C)C(NC(=O)c1ccccc1)C(=O)Nc1ccccc1Cc1ccccc1. The van der Waals surface area contributed by atoms with Crippen molar-refractivity contribution in [3.8, 4) is 0 Å². The average Bonchev–Trinajstić information content (AvgIpc) is 2.74. The predicted octanol–water partition coefficient (Wildman–Crippen LogP) is 4.67. The molecule has 1 atom stereocenters. The van der Waals surface area contributed by atoms with E-state index in [1.807, 2.05) is 62.4 Å². The lowest BCUT2D eigenvalue weighted by atomic mass is 10.0. The van der Waals surface area contributed by atoms with Crippen molar-refractivity contribution in [2.45, 2.75) is 26.3 Å². The van der Waals surface area contributed by atoms with Crippen molar-refractivity contribution in [1.82, 2.24) is 5.32 Å². The maximum atomic E-state index is 13.0. The number of amides is 2. The third-order valence-corrected chi connectivity index (χ3v) is 4.78. The van der Waals surface area contributed by atoms with E-state index in [1.165, 1.54) is 5.56 Å². The first kappa shape index (κ1) is 20.3. The first-order valence-corrected chi connectivity index (χ1v) is 9.83. The van der Waals surface area contributed by atoms with Gasteiger partial charge in [-0.15, -0.1) is 0 Å². The molecule has 1 unspecified atom stereocenters. The molecule has 4 heteroatoms. The first-order valence-electron chi connectivity index (χ1n) is 9.83. The van der Waals surface area contributed by atoms with Gasteiger partial charge in [-0.1, -0.05) is 80.6 Å². The van der Waals surface area contributed by atoms with Gasteiger partial charge in [0.2, 0.25) is 5.91 Å². The largest absolute Gasteiger partial charge is 0.340 e. The number of carbonyl (C=O) groups is 2. The van der Waals surface area contributed by atoms with E-state index in [4.69, 9.17) is 0 Å². The van der Waals surface area contributed by atoms with Gasteiger partial charge in [-0.05, 0) is 41.7 Å². The minimum atomic E-state index is -0.632. The van der Waals surface area contributed by atoms with Gasteiger partial charge in [-0.3, -0.25) is 9.59 Å². The van der Waals surface area contributed by atoms with Gasteiger partial charge in [-0.2, -0.15) is 0 Å². The molecule has 4 nitrogen and oxygen atoms in total. The number of para-hydroxylation sites is 1. The van der Waals surface area contributed by atoms with Crippen molar-refractivity contribution >= 4 is 17.5 Å². The van der Waals surface area contributed by atoms with Gasteiger partial charge >= 0.3 is 0 Å². The number of hydrogen-bond donors (Lipinski definition) is 2. The van der Waals surface area contributed by atoms with Gasteiger partial charge in [0.15, 0.2) is 0 Å². The lowest BCUT2D eigenvalue weighted by Crippen LogP contribution is -2.47. The van der Waals surface area contributed by atoms with Crippen molar-refractivity contribution in [1.29, 1.82) is 0 Å². The van der Waals surface area contributed by atoms with Crippen molar-refractivity contribution in [2.75, 3.05) is 5.32 Å². The maximum absolute atomic E-state index is 13.0. The summed E-state index contributed by atoms with van der Waals surface area (Å²) in [5.74, 6) is -0.522. The van der Waals surface area contributed by atoms with Crippen LogP contribution in [-0.4, -0.2) is 17.9 Å². The topological polar surface area (TPSA) is 58.2 Å². The van der Waals surface area contributed by atoms with Crippen LogP contribution in [-0.2, 0) is 11.2 Å². The molecular formula is C25H26N2O2. The van der Waals surface area contributed by atoms with Crippen molar-refractivity contribution < 1.29 is 9.59 Å². The van der Waals surface area contributed by atoms with E-state index in [9.17, 15) is 9.59 Å². The zero-order valence-electron chi connectivity index (χ0n) is 16.8. The van der Waals surface area contributed by atoms with Crippen LogP contribution < -0.4 is 10.6 Å². The van der Waals surface area contributed by atoms with Gasteiger partial charge in [-0.25, -0.2) is 0 Å². The Hall–Kier alpha value is -3.40. The van der Waals surface area contributed by atoms with Crippen LogP contribution >= 0.6 is 0 Å². The molecule has 0 bridgehead atoms. The van der Waals surface area contributed by atoms with Crippen LogP contribution in [0.25, 0.3) is 0 Å². The molecule has 2 amide bonds. The lowest BCUT2D eigenvalue weighted by Gasteiger charge is -2.22. The Morgan fingerprint density at radius 2 is 1.38 bits per heavy atom. The molecule has 0 spiro atoms. The molecular weight excluding hydrogens is 360 g/mol. The third-order valence-electron chi connectivity index (χ3n) is 4.78. The smallest absolute Gasteiger partial charge is 0.251 e. The van der Waals surface area contributed by atoms with E-state index >= 15 is 0 Å². The molecule has 2 N–H and O–H groups in total. The van der Waals surface area contributed by atoms with E-state index in [1.54, 1.807) is 24.3 Å². The Balaban J connectivity index is 1.74. The van der Waals surface area contributed by atoms with Crippen LogP contribution in [0.2, 0.25) is 0 Å². The Kier molecular flexibility index (Phi) is 6.80. The molecule has 29 heavy (non-hydrogen) atoms. The molecule has 0 saturated carbocycles. The molecule has 0 radical (unpaired) electrons. The van der Waals surface area contributed by atoms with Crippen LogP contribution in [0.15, 0.2) is 84.9 Å². The van der Waals surface area contributed by atoms with Crippen LogP contribution in [0, 0.1) is 5.92 Å². The van der Waals surface area contributed by atoms with Gasteiger partial charge < -0.3 is 10.6 Å². The summed E-state index contributed by atoms with van der Waals surface area (Å²) in [4.78, 5) is 25.5. The standard InChI is InChI=1S/C25H26N2O2/c1-18(2)23(27-24(28)20-13-7-4-8-14-20)25(29)26-22-16-10-9-15-21(22)17-19-11-5-3-6-12-19/h3-16,18,23H,17H2,1-2H3,(H,26,29)(H,27,28). The van der Waals surface area contributed by atoms with Gasteiger partial charge in [0.25, 0.3) is 5.91 Å². The number of anilines is 1. The highest BCUT2D eigenvalue weighted by Crippen LogP contribution is 2.20. The fraction of sp³-hybridized carbons (Fsp3) is 0.200. The second-order valence-corrected chi connectivity index (χ2v) is 7.37. The zero-order chi connectivity index (χ0) is 20.6. The Morgan fingerprint density at radius 3 is 2.03 bits per heavy atom. The van der Waals surface area contributed by atoms with Crippen LogP contribution in [0.4, 0.5) is 5.69 Å². The highest BCUT2D eigenvalue weighted by molar-refractivity contribution is 6.01. The number of nitrogens with one attached hydrogen (secondary N) is 2. The maximum Gasteiger partial charge on any atom is 0.251 e. The molecule has 0 saturated heterocycles. The van der Waals surface area contributed by atoms with Gasteiger partial charge in [0.1, 0.15) is 6.04 Å². The summed E-state index contributed by atoms with van der Waals surface area (Å²) in [5, 5.41) is 5.89. The van der Waals surface area contributed by atoms with Gasteiger partial charge in [0, 0.05) is 11.3 Å². The summed E-state index contributed by atoms with van der Waals surface area (Å²) < 4.78 is 0. The normalized spacial score (nSPS) is 11.7. The second-order valence-electron chi connectivity index (χ2n) is 7.37. The highest BCUT2D eigenvalue weighted by Gasteiger charge is 2.25. The van der Waals surface area contributed by atoms with E-state index in [0.717, 1.165) is 17.7 Å². The molecule has 0 fully saturated rings. The summed E-state index contributed by atoms with van der Waals surface area (Å²) in [6.45, 7) is 3.84. The highest BCUT2D eigenvalue weighted by atomic mass is 16.2.